The van der Waals surface area contributed by atoms with Crippen LogP contribution in [0.3, 0.4) is 0 Å². The molecule has 0 radical (unpaired) electrons. The maximum absolute atomic E-state index is 12.4. The fourth-order valence-corrected chi connectivity index (χ4v) is 3.62. The first-order valence-corrected chi connectivity index (χ1v) is 10.0. The highest BCUT2D eigenvalue weighted by molar-refractivity contribution is 6.10. The number of carbonyl (C=O) groups excluding carboxylic acids is 3. The smallest absolute Gasteiger partial charge is 0.254 e. The number of fused-ring (bicyclic) bond motifs is 1. The molecule has 1 saturated heterocycles. The van der Waals surface area contributed by atoms with Gasteiger partial charge in [0.05, 0.1) is 24.5 Å². The molecule has 0 bridgehead atoms. The molecule has 0 aliphatic carbocycles. The Morgan fingerprint density at radius 2 is 1.90 bits per heavy atom. The molecular formula is C22H24N4O4. The minimum Gasteiger partial charge on any atom is -0.378 e. The van der Waals surface area contributed by atoms with Crippen LogP contribution in [0.1, 0.15) is 23.2 Å². The van der Waals surface area contributed by atoms with Gasteiger partial charge in [0.1, 0.15) is 6.04 Å². The summed E-state index contributed by atoms with van der Waals surface area (Å²) in [5.41, 5.74) is 2.62. The van der Waals surface area contributed by atoms with E-state index in [9.17, 15) is 14.4 Å². The standard InChI is InChI=1S/C22H24N4O4/c27-20(23-15-4-3-5-16(14-15)26-10-12-30-13-11-26)9-8-19-22(29)24-18-7-2-1-6-17(18)21(28)25-19/h1-7,14,19H,8-13H2,(H,23,27)(H,24,29)(H,25,28). The molecule has 1 atom stereocenters. The van der Waals surface area contributed by atoms with E-state index >= 15 is 0 Å². The Hall–Kier alpha value is -3.39. The van der Waals surface area contributed by atoms with Gasteiger partial charge in [0.15, 0.2) is 0 Å². The summed E-state index contributed by atoms with van der Waals surface area (Å²) in [6.07, 6.45) is 0.317. The number of morpholine rings is 1. The molecule has 8 nitrogen and oxygen atoms in total. The number of para-hydroxylation sites is 1. The molecule has 3 amide bonds. The maximum Gasteiger partial charge on any atom is 0.254 e. The zero-order valence-electron chi connectivity index (χ0n) is 16.5. The molecule has 0 aromatic heterocycles. The van der Waals surface area contributed by atoms with Crippen molar-refractivity contribution in [3.63, 3.8) is 0 Å². The van der Waals surface area contributed by atoms with Crippen molar-refractivity contribution >= 4 is 34.8 Å². The van der Waals surface area contributed by atoms with Gasteiger partial charge in [-0.3, -0.25) is 14.4 Å². The average Bonchev–Trinajstić information content (AvgIpc) is 2.89. The predicted molar refractivity (Wildman–Crippen MR) is 114 cm³/mol. The van der Waals surface area contributed by atoms with Crippen molar-refractivity contribution in [2.75, 3.05) is 41.8 Å². The van der Waals surface area contributed by atoms with Gasteiger partial charge < -0.3 is 25.6 Å². The number of nitrogens with one attached hydrogen (secondary N) is 3. The van der Waals surface area contributed by atoms with Gasteiger partial charge in [0, 0.05) is 30.9 Å². The number of carbonyl (C=O) groups is 3. The number of nitrogens with zero attached hydrogens (tertiary/aromatic N) is 1. The van der Waals surface area contributed by atoms with Crippen molar-refractivity contribution in [1.82, 2.24) is 5.32 Å². The zero-order chi connectivity index (χ0) is 20.9. The third-order valence-electron chi connectivity index (χ3n) is 5.22. The lowest BCUT2D eigenvalue weighted by Crippen LogP contribution is -2.41. The zero-order valence-corrected chi connectivity index (χ0v) is 16.5. The molecule has 3 N–H and O–H groups in total. The van der Waals surface area contributed by atoms with Crippen LogP contribution in [0.2, 0.25) is 0 Å². The van der Waals surface area contributed by atoms with E-state index in [1.54, 1.807) is 24.3 Å². The second-order valence-electron chi connectivity index (χ2n) is 7.30. The lowest BCUT2D eigenvalue weighted by Gasteiger charge is -2.29. The van der Waals surface area contributed by atoms with Crippen LogP contribution in [0.15, 0.2) is 48.5 Å². The van der Waals surface area contributed by atoms with E-state index < -0.39 is 6.04 Å². The Kier molecular flexibility index (Phi) is 5.94. The number of benzene rings is 2. The summed E-state index contributed by atoms with van der Waals surface area (Å²) in [5.74, 6) is -0.860. The van der Waals surface area contributed by atoms with Crippen molar-refractivity contribution < 1.29 is 19.1 Å². The van der Waals surface area contributed by atoms with Gasteiger partial charge >= 0.3 is 0 Å². The van der Waals surface area contributed by atoms with Crippen LogP contribution in [-0.2, 0) is 14.3 Å². The average molecular weight is 408 g/mol. The van der Waals surface area contributed by atoms with Crippen molar-refractivity contribution in [2.24, 2.45) is 0 Å². The predicted octanol–water partition coefficient (Wildman–Crippen LogP) is 1.99. The van der Waals surface area contributed by atoms with E-state index in [1.807, 2.05) is 24.3 Å². The molecule has 0 saturated carbocycles. The molecule has 2 heterocycles. The first kappa shape index (κ1) is 19.9. The van der Waals surface area contributed by atoms with Crippen LogP contribution in [0.4, 0.5) is 17.1 Å². The van der Waals surface area contributed by atoms with Crippen molar-refractivity contribution in [2.45, 2.75) is 18.9 Å². The van der Waals surface area contributed by atoms with Crippen molar-refractivity contribution in [3.05, 3.63) is 54.1 Å². The quantitative estimate of drug-likeness (QED) is 0.703. The second-order valence-corrected chi connectivity index (χ2v) is 7.30. The summed E-state index contributed by atoms with van der Waals surface area (Å²) in [6.45, 7) is 3.01. The summed E-state index contributed by atoms with van der Waals surface area (Å²) in [5, 5.41) is 8.34. The SMILES string of the molecule is O=C(CCC1NC(=O)c2ccccc2NC1=O)Nc1cccc(N2CCOCC2)c1. The minimum atomic E-state index is -0.768. The van der Waals surface area contributed by atoms with Gasteiger partial charge in [-0.15, -0.1) is 0 Å². The molecule has 1 fully saturated rings. The molecule has 2 aromatic rings. The molecule has 2 aromatic carbocycles. The summed E-state index contributed by atoms with van der Waals surface area (Å²) < 4.78 is 5.38. The number of rotatable bonds is 5. The molecule has 0 spiro atoms. The van der Waals surface area contributed by atoms with Crippen molar-refractivity contribution in [3.8, 4) is 0 Å². The number of anilines is 3. The molecule has 1 unspecified atom stereocenters. The highest BCUT2D eigenvalue weighted by atomic mass is 16.5. The molecule has 30 heavy (non-hydrogen) atoms. The van der Waals surface area contributed by atoms with Gasteiger partial charge in [0.2, 0.25) is 11.8 Å². The van der Waals surface area contributed by atoms with E-state index in [-0.39, 0.29) is 30.6 Å². The van der Waals surface area contributed by atoms with Crippen molar-refractivity contribution in [1.29, 1.82) is 0 Å². The van der Waals surface area contributed by atoms with Gasteiger partial charge in [0.25, 0.3) is 5.91 Å². The first-order chi connectivity index (χ1) is 14.6. The minimum absolute atomic E-state index is 0.108. The Morgan fingerprint density at radius 1 is 1.10 bits per heavy atom. The van der Waals surface area contributed by atoms with Crippen LogP contribution in [0, 0.1) is 0 Å². The fraction of sp³-hybridized carbons (Fsp3) is 0.318. The molecule has 2 aliphatic rings. The Labute approximate surface area is 174 Å². The van der Waals surface area contributed by atoms with Crippen LogP contribution in [0.25, 0.3) is 0 Å². The Bertz CT molecular complexity index is 956. The monoisotopic (exact) mass is 408 g/mol. The van der Waals surface area contributed by atoms with Gasteiger partial charge in [-0.1, -0.05) is 18.2 Å². The van der Waals surface area contributed by atoms with Crippen LogP contribution < -0.4 is 20.9 Å². The number of amides is 3. The topological polar surface area (TPSA) is 99.8 Å². The van der Waals surface area contributed by atoms with Gasteiger partial charge in [-0.05, 0) is 36.8 Å². The van der Waals surface area contributed by atoms with Crippen LogP contribution >= 0.6 is 0 Å². The third-order valence-corrected chi connectivity index (χ3v) is 5.22. The molecule has 8 heteroatoms. The molecular weight excluding hydrogens is 384 g/mol. The number of hydrogen-bond acceptors (Lipinski definition) is 5. The van der Waals surface area contributed by atoms with E-state index in [1.165, 1.54) is 0 Å². The van der Waals surface area contributed by atoms with E-state index in [0.717, 1.165) is 18.8 Å². The lowest BCUT2D eigenvalue weighted by molar-refractivity contribution is -0.118. The van der Waals surface area contributed by atoms with E-state index in [4.69, 9.17) is 4.74 Å². The number of ether oxygens (including phenoxy) is 1. The maximum atomic E-state index is 12.4. The molecule has 4 rings (SSSR count). The molecule has 2 aliphatic heterocycles. The fourth-order valence-electron chi connectivity index (χ4n) is 3.62. The summed E-state index contributed by atoms with van der Waals surface area (Å²) in [4.78, 5) is 39.5. The molecule has 156 valence electrons. The lowest BCUT2D eigenvalue weighted by atomic mass is 10.1. The third kappa shape index (κ3) is 4.60. The Balaban J connectivity index is 1.34. The summed E-state index contributed by atoms with van der Waals surface area (Å²) >= 11 is 0. The highest BCUT2D eigenvalue weighted by Gasteiger charge is 2.27. The van der Waals surface area contributed by atoms with Crippen LogP contribution in [-0.4, -0.2) is 50.1 Å². The normalized spacial score (nSPS) is 18.7. The van der Waals surface area contributed by atoms with E-state index in [2.05, 4.69) is 20.9 Å². The second kappa shape index (κ2) is 8.96. The first-order valence-electron chi connectivity index (χ1n) is 10.0. The Morgan fingerprint density at radius 3 is 2.73 bits per heavy atom. The van der Waals surface area contributed by atoms with Crippen LogP contribution in [0.5, 0.6) is 0 Å². The van der Waals surface area contributed by atoms with Gasteiger partial charge in [-0.25, -0.2) is 0 Å². The highest BCUT2D eigenvalue weighted by Crippen LogP contribution is 2.22. The summed E-state index contributed by atoms with van der Waals surface area (Å²) in [6, 6.07) is 13.7. The summed E-state index contributed by atoms with van der Waals surface area (Å²) in [7, 11) is 0. The number of hydrogen-bond donors (Lipinski definition) is 3. The van der Waals surface area contributed by atoms with E-state index in [0.29, 0.717) is 30.2 Å². The largest absolute Gasteiger partial charge is 0.378 e. The van der Waals surface area contributed by atoms with Gasteiger partial charge in [-0.2, -0.15) is 0 Å².